The standard InChI is InChI=1S/C21H25N5O2/c1-21(2,3)28-20(27)23-15-12-10-14(11-13-15)22-19-24-17-9-7-6-8-16(17)18(25-19)26(4)5/h6-13H,1-5H3,(H,23,27)(H,22,24,25). The molecular formula is C21H25N5O2. The normalized spacial score (nSPS) is 11.2. The Morgan fingerprint density at radius 1 is 0.964 bits per heavy atom. The van der Waals surface area contributed by atoms with Gasteiger partial charge in [0.05, 0.1) is 5.52 Å². The van der Waals surface area contributed by atoms with Crippen molar-refractivity contribution in [3.05, 3.63) is 48.5 Å². The van der Waals surface area contributed by atoms with Crippen LogP contribution in [0.1, 0.15) is 20.8 Å². The fourth-order valence-electron chi connectivity index (χ4n) is 2.64. The Kier molecular flexibility index (Phi) is 5.35. The summed E-state index contributed by atoms with van der Waals surface area (Å²) in [4.78, 5) is 23.0. The number of benzene rings is 2. The number of hydrogen-bond acceptors (Lipinski definition) is 6. The Morgan fingerprint density at radius 2 is 1.61 bits per heavy atom. The molecular weight excluding hydrogens is 354 g/mol. The number of para-hydroxylation sites is 1. The van der Waals surface area contributed by atoms with Crippen LogP contribution in [0.5, 0.6) is 0 Å². The number of nitrogens with one attached hydrogen (secondary N) is 2. The van der Waals surface area contributed by atoms with Crippen LogP contribution in [-0.4, -0.2) is 35.8 Å². The predicted molar refractivity (Wildman–Crippen MR) is 113 cm³/mol. The molecule has 3 rings (SSSR count). The van der Waals surface area contributed by atoms with Crippen molar-refractivity contribution in [1.82, 2.24) is 9.97 Å². The number of rotatable bonds is 4. The Labute approximate surface area is 164 Å². The van der Waals surface area contributed by atoms with E-state index in [1.165, 1.54) is 0 Å². The Morgan fingerprint density at radius 3 is 2.25 bits per heavy atom. The van der Waals surface area contributed by atoms with Gasteiger partial charge >= 0.3 is 6.09 Å². The number of fused-ring (bicyclic) bond motifs is 1. The molecule has 28 heavy (non-hydrogen) atoms. The van der Waals surface area contributed by atoms with Crippen LogP contribution in [-0.2, 0) is 4.74 Å². The molecule has 0 spiro atoms. The minimum absolute atomic E-state index is 0.485. The molecule has 1 aromatic heterocycles. The molecule has 3 aromatic rings. The lowest BCUT2D eigenvalue weighted by Gasteiger charge is -2.19. The van der Waals surface area contributed by atoms with Gasteiger partial charge in [-0.3, -0.25) is 5.32 Å². The van der Waals surface area contributed by atoms with Gasteiger partial charge in [-0.2, -0.15) is 4.98 Å². The van der Waals surface area contributed by atoms with Gasteiger partial charge in [0.2, 0.25) is 5.95 Å². The highest BCUT2D eigenvalue weighted by atomic mass is 16.6. The number of amides is 1. The van der Waals surface area contributed by atoms with Crippen LogP contribution in [0.2, 0.25) is 0 Å². The number of anilines is 4. The van der Waals surface area contributed by atoms with E-state index in [0.717, 1.165) is 22.4 Å². The van der Waals surface area contributed by atoms with E-state index in [1.54, 1.807) is 12.1 Å². The van der Waals surface area contributed by atoms with E-state index in [4.69, 9.17) is 4.74 Å². The molecule has 2 aromatic carbocycles. The lowest BCUT2D eigenvalue weighted by Crippen LogP contribution is -2.27. The van der Waals surface area contributed by atoms with E-state index in [9.17, 15) is 4.79 Å². The molecule has 0 aliphatic carbocycles. The second kappa shape index (κ2) is 7.72. The summed E-state index contributed by atoms with van der Waals surface area (Å²) in [7, 11) is 3.91. The molecule has 2 N–H and O–H groups in total. The van der Waals surface area contributed by atoms with Gasteiger partial charge in [0, 0.05) is 30.9 Å². The summed E-state index contributed by atoms with van der Waals surface area (Å²) in [5.41, 5.74) is 1.79. The first-order chi connectivity index (χ1) is 13.2. The fourth-order valence-corrected chi connectivity index (χ4v) is 2.64. The van der Waals surface area contributed by atoms with Gasteiger partial charge in [-0.1, -0.05) is 12.1 Å². The topological polar surface area (TPSA) is 79.4 Å². The molecule has 0 saturated carbocycles. The predicted octanol–water partition coefficient (Wildman–Crippen LogP) is 4.79. The maximum Gasteiger partial charge on any atom is 0.412 e. The number of carbonyl (C=O) groups excluding carboxylic acids is 1. The number of carbonyl (C=O) groups is 1. The molecule has 0 aliphatic rings. The van der Waals surface area contributed by atoms with Gasteiger partial charge < -0.3 is 15.0 Å². The van der Waals surface area contributed by atoms with Crippen LogP contribution >= 0.6 is 0 Å². The third-order valence-corrected chi connectivity index (χ3v) is 3.79. The lowest BCUT2D eigenvalue weighted by atomic mass is 10.2. The molecule has 0 atom stereocenters. The summed E-state index contributed by atoms with van der Waals surface area (Å²) >= 11 is 0. The maximum atomic E-state index is 11.9. The average molecular weight is 379 g/mol. The molecule has 7 nitrogen and oxygen atoms in total. The molecule has 0 aliphatic heterocycles. The highest BCUT2D eigenvalue weighted by molar-refractivity contribution is 5.90. The van der Waals surface area contributed by atoms with Crippen molar-refractivity contribution in [3.63, 3.8) is 0 Å². The zero-order valence-corrected chi connectivity index (χ0v) is 16.8. The monoisotopic (exact) mass is 379 g/mol. The molecule has 0 unspecified atom stereocenters. The van der Waals surface area contributed by atoms with Crippen molar-refractivity contribution in [2.75, 3.05) is 29.6 Å². The first-order valence-electron chi connectivity index (χ1n) is 9.02. The summed E-state index contributed by atoms with van der Waals surface area (Å²) in [5.74, 6) is 1.35. The molecule has 1 amide bonds. The Bertz CT molecular complexity index is 978. The molecule has 0 bridgehead atoms. The quantitative estimate of drug-likeness (QED) is 0.679. The van der Waals surface area contributed by atoms with Crippen molar-refractivity contribution in [1.29, 1.82) is 0 Å². The summed E-state index contributed by atoms with van der Waals surface area (Å²) in [5, 5.41) is 6.92. The van der Waals surface area contributed by atoms with E-state index >= 15 is 0 Å². The number of ether oxygens (including phenoxy) is 1. The number of aromatic nitrogens is 2. The SMILES string of the molecule is CN(C)c1nc(Nc2ccc(NC(=O)OC(C)(C)C)cc2)nc2ccccc12. The second-order valence-corrected chi connectivity index (χ2v) is 7.61. The first-order valence-corrected chi connectivity index (χ1v) is 9.02. The third-order valence-electron chi connectivity index (χ3n) is 3.79. The van der Waals surface area contributed by atoms with E-state index in [2.05, 4.69) is 20.6 Å². The summed E-state index contributed by atoms with van der Waals surface area (Å²) in [6.07, 6.45) is -0.485. The fraction of sp³-hybridized carbons (Fsp3) is 0.286. The summed E-state index contributed by atoms with van der Waals surface area (Å²) < 4.78 is 5.25. The van der Waals surface area contributed by atoms with Crippen molar-refractivity contribution < 1.29 is 9.53 Å². The van der Waals surface area contributed by atoms with E-state index in [0.29, 0.717) is 11.6 Å². The van der Waals surface area contributed by atoms with Gasteiger partial charge in [0.1, 0.15) is 11.4 Å². The third kappa shape index (κ3) is 4.88. The van der Waals surface area contributed by atoms with Crippen LogP contribution in [0.25, 0.3) is 10.9 Å². The van der Waals surface area contributed by atoms with Gasteiger partial charge in [0.25, 0.3) is 0 Å². The zero-order valence-electron chi connectivity index (χ0n) is 16.8. The highest BCUT2D eigenvalue weighted by Crippen LogP contribution is 2.25. The number of hydrogen-bond donors (Lipinski definition) is 2. The number of nitrogens with zero attached hydrogens (tertiary/aromatic N) is 3. The van der Waals surface area contributed by atoms with Crippen LogP contribution in [0.4, 0.5) is 27.9 Å². The first kappa shape index (κ1) is 19.4. The molecule has 146 valence electrons. The van der Waals surface area contributed by atoms with Crippen molar-refractivity contribution >= 4 is 40.1 Å². The van der Waals surface area contributed by atoms with Crippen LogP contribution in [0.15, 0.2) is 48.5 Å². The molecule has 7 heteroatoms. The van der Waals surface area contributed by atoms with E-state index < -0.39 is 11.7 Å². The highest BCUT2D eigenvalue weighted by Gasteiger charge is 2.16. The van der Waals surface area contributed by atoms with Crippen LogP contribution in [0.3, 0.4) is 0 Å². The smallest absolute Gasteiger partial charge is 0.412 e. The van der Waals surface area contributed by atoms with Gasteiger partial charge in [-0.05, 0) is 57.2 Å². The molecule has 0 radical (unpaired) electrons. The minimum Gasteiger partial charge on any atom is -0.444 e. The molecule has 0 saturated heterocycles. The second-order valence-electron chi connectivity index (χ2n) is 7.61. The molecule has 1 heterocycles. The lowest BCUT2D eigenvalue weighted by molar-refractivity contribution is 0.0636. The summed E-state index contributed by atoms with van der Waals surface area (Å²) in [6, 6.07) is 15.2. The van der Waals surface area contributed by atoms with Gasteiger partial charge in [0.15, 0.2) is 0 Å². The minimum atomic E-state index is -0.539. The van der Waals surface area contributed by atoms with E-state index in [1.807, 2.05) is 76.2 Å². The van der Waals surface area contributed by atoms with Gasteiger partial charge in [-0.15, -0.1) is 0 Å². The Hall–Kier alpha value is -3.35. The van der Waals surface area contributed by atoms with Crippen molar-refractivity contribution in [2.45, 2.75) is 26.4 Å². The average Bonchev–Trinajstić information content (AvgIpc) is 2.61. The van der Waals surface area contributed by atoms with Crippen molar-refractivity contribution in [2.24, 2.45) is 0 Å². The van der Waals surface area contributed by atoms with E-state index in [-0.39, 0.29) is 0 Å². The van der Waals surface area contributed by atoms with Crippen LogP contribution in [0, 0.1) is 0 Å². The van der Waals surface area contributed by atoms with Gasteiger partial charge in [-0.25, -0.2) is 9.78 Å². The zero-order chi connectivity index (χ0) is 20.3. The Balaban J connectivity index is 1.76. The van der Waals surface area contributed by atoms with Crippen molar-refractivity contribution in [3.8, 4) is 0 Å². The summed E-state index contributed by atoms with van der Waals surface area (Å²) in [6.45, 7) is 5.47. The molecule has 0 fully saturated rings. The largest absolute Gasteiger partial charge is 0.444 e. The maximum absolute atomic E-state index is 11.9. The van der Waals surface area contributed by atoms with Crippen LogP contribution < -0.4 is 15.5 Å².